The monoisotopic (exact) mass is 251 g/mol. The molecule has 3 nitrogen and oxygen atoms in total. The fourth-order valence-corrected chi connectivity index (χ4v) is 1.54. The van der Waals surface area contributed by atoms with Crippen molar-refractivity contribution in [3.05, 3.63) is 17.0 Å². The van der Waals surface area contributed by atoms with Crippen LogP contribution in [0, 0.1) is 12.3 Å². The molecule has 0 aliphatic heterocycles. The van der Waals surface area contributed by atoms with Gasteiger partial charge in [-0.15, -0.1) is 12.3 Å². The molecule has 0 aliphatic rings. The van der Waals surface area contributed by atoms with Crippen molar-refractivity contribution in [2.24, 2.45) is 0 Å². The van der Waals surface area contributed by atoms with E-state index in [4.69, 9.17) is 18.0 Å². The van der Waals surface area contributed by atoms with Crippen LogP contribution in [-0.4, -0.2) is 16.5 Å². The summed E-state index contributed by atoms with van der Waals surface area (Å²) in [7, 11) is 0. The molecule has 0 bridgehead atoms. The lowest BCUT2D eigenvalue weighted by Crippen LogP contribution is -2.06. The zero-order valence-electron chi connectivity index (χ0n) is 10.3. The Morgan fingerprint density at radius 1 is 1.41 bits per heavy atom. The largest absolute Gasteiger partial charge is 0.370 e. The topological polar surface area (TPSA) is 37.8 Å². The summed E-state index contributed by atoms with van der Waals surface area (Å²) in [5.41, 5.74) is 0. The lowest BCUT2D eigenvalue weighted by molar-refractivity contribution is 0.763. The van der Waals surface area contributed by atoms with Gasteiger partial charge in [0.15, 0.2) is 0 Å². The van der Waals surface area contributed by atoms with Gasteiger partial charge in [-0.1, -0.05) is 25.4 Å². The molecule has 1 aromatic heterocycles. The van der Waals surface area contributed by atoms with Crippen LogP contribution in [0.15, 0.2) is 6.07 Å². The summed E-state index contributed by atoms with van der Waals surface area (Å²) in [6.45, 7) is 4.94. The van der Waals surface area contributed by atoms with Gasteiger partial charge in [0.25, 0.3) is 0 Å². The fourth-order valence-electron chi connectivity index (χ4n) is 1.35. The number of aromatic nitrogens is 2. The first-order chi connectivity index (χ1) is 8.13. The van der Waals surface area contributed by atoms with Crippen LogP contribution in [0.4, 0.5) is 5.82 Å². The van der Waals surface area contributed by atoms with Crippen LogP contribution in [0.25, 0.3) is 0 Å². The normalized spacial score (nSPS) is 10.3. The summed E-state index contributed by atoms with van der Waals surface area (Å²) >= 11 is 5.94. The van der Waals surface area contributed by atoms with Crippen LogP contribution in [0.2, 0.25) is 5.15 Å². The van der Waals surface area contributed by atoms with Crippen LogP contribution in [0.3, 0.4) is 0 Å². The molecule has 17 heavy (non-hydrogen) atoms. The van der Waals surface area contributed by atoms with E-state index in [-0.39, 0.29) is 5.92 Å². The number of rotatable bonds is 6. The molecule has 0 fully saturated rings. The summed E-state index contributed by atoms with van der Waals surface area (Å²) < 4.78 is 0. The predicted octanol–water partition coefficient (Wildman–Crippen LogP) is 3.47. The molecule has 1 heterocycles. The summed E-state index contributed by atoms with van der Waals surface area (Å²) in [5, 5.41) is 3.72. The molecule has 0 saturated heterocycles. The van der Waals surface area contributed by atoms with E-state index in [2.05, 4.69) is 21.2 Å². The van der Waals surface area contributed by atoms with Gasteiger partial charge in [0, 0.05) is 24.9 Å². The van der Waals surface area contributed by atoms with Crippen molar-refractivity contribution < 1.29 is 0 Å². The fraction of sp³-hybridized carbons (Fsp3) is 0.538. The van der Waals surface area contributed by atoms with Gasteiger partial charge in [-0.25, -0.2) is 9.97 Å². The zero-order valence-corrected chi connectivity index (χ0v) is 11.1. The highest BCUT2D eigenvalue weighted by molar-refractivity contribution is 6.29. The molecular weight excluding hydrogens is 234 g/mol. The van der Waals surface area contributed by atoms with E-state index in [1.54, 1.807) is 6.07 Å². The number of unbranched alkanes of at least 4 members (excludes halogenated alkanes) is 2. The summed E-state index contributed by atoms with van der Waals surface area (Å²) in [6, 6.07) is 1.74. The average Bonchev–Trinajstić information content (AvgIpc) is 2.28. The van der Waals surface area contributed by atoms with Crippen molar-refractivity contribution in [2.45, 2.75) is 39.0 Å². The minimum Gasteiger partial charge on any atom is -0.370 e. The predicted molar refractivity (Wildman–Crippen MR) is 72.3 cm³/mol. The van der Waals surface area contributed by atoms with Gasteiger partial charge >= 0.3 is 0 Å². The highest BCUT2D eigenvalue weighted by Gasteiger charge is 2.06. The van der Waals surface area contributed by atoms with Crippen LogP contribution in [0.5, 0.6) is 0 Å². The van der Waals surface area contributed by atoms with Crippen LogP contribution < -0.4 is 5.32 Å². The smallest absolute Gasteiger partial charge is 0.135 e. The molecule has 0 aliphatic carbocycles. The van der Waals surface area contributed by atoms with E-state index >= 15 is 0 Å². The molecule has 0 saturated carbocycles. The average molecular weight is 252 g/mol. The molecule has 1 N–H and O–H groups in total. The Hall–Kier alpha value is -1.27. The van der Waals surface area contributed by atoms with Crippen molar-refractivity contribution in [3.8, 4) is 12.3 Å². The van der Waals surface area contributed by atoms with E-state index in [0.29, 0.717) is 5.15 Å². The second-order valence-corrected chi connectivity index (χ2v) is 4.56. The minimum atomic E-state index is 0.274. The molecule has 0 aromatic carbocycles. The van der Waals surface area contributed by atoms with E-state index < -0.39 is 0 Å². The molecule has 92 valence electrons. The Bertz CT molecular complexity index is 396. The number of halogens is 1. The summed E-state index contributed by atoms with van der Waals surface area (Å²) in [5.74, 6) is 4.45. The van der Waals surface area contributed by atoms with E-state index in [0.717, 1.165) is 37.4 Å². The molecule has 0 radical (unpaired) electrons. The summed E-state index contributed by atoms with van der Waals surface area (Å²) in [6.07, 6.45) is 8.07. The van der Waals surface area contributed by atoms with E-state index in [1.807, 2.05) is 13.8 Å². The van der Waals surface area contributed by atoms with Gasteiger partial charge in [-0.05, 0) is 12.8 Å². The zero-order chi connectivity index (χ0) is 12.7. The van der Waals surface area contributed by atoms with Crippen LogP contribution >= 0.6 is 11.6 Å². The maximum Gasteiger partial charge on any atom is 0.135 e. The number of nitrogens with zero attached hydrogens (tertiary/aromatic N) is 2. The Morgan fingerprint density at radius 2 is 2.18 bits per heavy atom. The molecule has 0 atom stereocenters. The third kappa shape index (κ3) is 5.06. The van der Waals surface area contributed by atoms with E-state index in [1.165, 1.54) is 0 Å². The minimum absolute atomic E-state index is 0.274. The Labute approximate surface area is 108 Å². The maximum atomic E-state index is 5.94. The van der Waals surface area contributed by atoms with Crippen molar-refractivity contribution in [1.29, 1.82) is 0 Å². The number of terminal acetylenes is 1. The van der Waals surface area contributed by atoms with Gasteiger partial charge in [-0.2, -0.15) is 0 Å². The maximum absolute atomic E-state index is 5.94. The molecule has 4 heteroatoms. The first kappa shape index (κ1) is 13.8. The highest BCUT2D eigenvalue weighted by atomic mass is 35.5. The lowest BCUT2D eigenvalue weighted by atomic mass is 10.2. The Kier molecular flexibility index (Phi) is 5.79. The van der Waals surface area contributed by atoms with Crippen molar-refractivity contribution in [1.82, 2.24) is 9.97 Å². The highest BCUT2D eigenvalue weighted by Crippen LogP contribution is 2.16. The molecule has 0 unspecified atom stereocenters. The third-order valence-corrected chi connectivity index (χ3v) is 2.48. The molecular formula is C13H18ClN3. The SMILES string of the molecule is C#CCCCCNc1cc(Cl)nc(C(C)C)n1. The second kappa shape index (κ2) is 7.13. The number of nitrogens with one attached hydrogen (secondary N) is 1. The third-order valence-electron chi connectivity index (χ3n) is 2.28. The lowest BCUT2D eigenvalue weighted by Gasteiger charge is -2.09. The number of anilines is 1. The van der Waals surface area contributed by atoms with Crippen LogP contribution in [-0.2, 0) is 0 Å². The molecule has 0 spiro atoms. The Balaban J connectivity index is 2.50. The van der Waals surface area contributed by atoms with Gasteiger partial charge in [0.2, 0.25) is 0 Å². The molecule has 1 aromatic rings. The van der Waals surface area contributed by atoms with Gasteiger partial charge in [0.05, 0.1) is 0 Å². The number of hydrogen-bond donors (Lipinski definition) is 1. The second-order valence-electron chi connectivity index (χ2n) is 4.18. The molecule has 1 rings (SSSR count). The van der Waals surface area contributed by atoms with Crippen LogP contribution in [0.1, 0.15) is 44.9 Å². The van der Waals surface area contributed by atoms with Gasteiger partial charge in [-0.3, -0.25) is 0 Å². The standard InChI is InChI=1S/C13H18ClN3/c1-4-5-6-7-8-15-12-9-11(14)16-13(17-12)10(2)3/h1,9-10H,5-8H2,2-3H3,(H,15,16,17). The quantitative estimate of drug-likeness (QED) is 0.478. The van der Waals surface area contributed by atoms with Crippen molar-refractivity contribution in [2.75, 3.05) is 11.9 Å². The van der Waals surface area contributed by atoms with Gasteiger partial charge in [0.1, 0.15) is 16.8 Å². The summed E-state index contributed by atoms with van der Waals surface area (Å²) in [4.78, 5) is 8.58. The number of hydrogen-bond acceptors (Lipinski definition) is 3. The van der Waals surface area contributed by atoms with Crippen molar-refractivity contribution >= 4 is 17.4 Å². The first-order valence-corrected chi connectivity index (χ1v) is 6.23. The van der Waals surface area contributed by atoms with Gasteiger partial charge < -0.3 is 5.32 Å². The molecule has 0 amide bonds. The van der Waals surface area contributed by atoms with E-state index in [9.17, 15) is 0 Å². The van der Waals surface area contributed by atoms with Crippen molar-refractivity contribution in [3.63, 3.8) is 0 Å². The first-order valence-electron chi connectivity index (χ1n) is 5.85. The Morgan fingerprint density at radius 3 is 2.82 bits per heavy atom.